The van der Waals surface area contributed by atoms with Crippen LogP contribution in [0.4, 0.5) is 45.5 Å². The third-order valence-corrected chi connectivity index (χ3v) is 9.02. The van der Waals surface area contributed by atoms with Gasteiger partial charge in [-0.1, -0.05) is 107 Å². The molecule has 6 aromatic carbocycles. The van der Waals surface area contributed by atoms with E-state index in [9.17, 15) is 0 Å². The van der Waals surface area contributed by atoms with Gasteiger partial charge < -0.3 is 14.7 Å². The lowest BCUT2D eigenvalue weighted by Gasteiger charge is -2.30. The van der Waals surface area contributed by atoms with Crippen LogP contribution >= 0.6 is 0 Å². The normalized spacial score (nSPS) is 12.9. The Morgan fingerprint density at radius 2 is 0.750 bits per heavy atom. The molecule has 0 fully saturated rings. The summed E-state index contributed by atoms with van der Waals surface area (Å²) in [4.78, 5) is 6.97. The first-order valence-electron chi connectivity index (χ1n) is 18.3. The van der Waals surface area contributed by atoms with Crippen molar-refractivity contribution in [2.75, 3.05) is 14.7 Å². The molecule has 52 heavy (non-hydrogen) atoms. The minimum absolute atomic E-state index is 0.0361. The maximum absolute atomic E-state index is 2.34. The fourth-order valence-corrected chi connectivity index (χ4v) is 6.49. The average Bonchev–Trinajstić information content (AvgIpc) is 3.35. The molecule has 6 aromatic rings. The highest BCUT2D eigenvalue weighted by Gasteiger charge is 2.20. The van der Waals surface area contributed by atoms with E-state index in [0.717, 1.165) is 51.2 Å². The minimum atomic E-state index is -0.0361. The number of aryl methyl sites for hydroxylation is 2. The number of hydrogen-bond donors (Lipinski definition) is 0. The first-order chi connectivity index (χ1) is 25.3. The van der Waals surface area contributed by atoms with E-state index < -0.39 is 0 Å². The van der Waals surface area contributed by atoms with Crippen molar-refractivity contribution in [1.82, 2.24) is 0 Å². The molecule has 1 aliphatic rings. The zero-order chi connectivity index (χ0) is 36.5. The molecule has 3 heteroatoms. The lowest BCUT2D eigenvalue weighted by atomic mass is 9.93. The van der Waals surface area contributed by atoms with Crippen LogP contribution in [0.25, 0.3) is 0 Å². The summed E-state index contributed by atoms with van der Waals surface area (Å²) < 4.78 is 0. The van der Waals surface area contributed by atoms with Gasteiger partial charge in [0.2, 0.25) is 0 Å². The predicted octanol–water partition coefficient (Wildman–Crippen LogP) is 14.4. The molecule has 7 rings (SSSR count). The smallest absolute Gasteiger partial charge is 0.0464 e. The Labute approximate surface area is 311 Å². The van der Waals surface area contributed by atoms with Crippen molar-refractivity contribution in [1.29, 1.82) is 0 Å². The van der Waals surface area contributed by atoms with Crippen LogP contribution in [0.5, 0.6) is 0 Å². The molecule has 1 aliphatic carbocycles. The van der Waals surface area contributed by atoms with E-state index in [1.54, 1.807) is 0 Å². The van der Waals surface area contributed by atoms with Gasteiger partial charge in [-0.05, 0) is 134 Å². The molecular weight excluding hydrogens is 631 g/mol. The first kappa shape index (κ1) is 35.8. The van der Waals surface area contributed by atoms with E-state index in [-0.39, 0.29) is 5.41 Å². The highest BCUT2D eigenvalue weighted by atomic mass is 15.2. The van der Waals surface area contributed by atoms with Crippen molar-refractivity contribution in [2.24, 2.45) is 5.41 Å². The van der Waals surface area contributed by atoms with Gasteiger partial charge in [0.05, 0.1) is 0 Å². The van der Waals surface area contributed by atoms with Crippen LogP contribution in [-0.4, -0.2) is 0 Å². The van der Waals surface area contributed by atoms with Crippen molar-refractivity contribution in [3.8, 4) is 0 Å². The zero-order valence-electron chi connectivity index (χ0n) is 31.2. The molecule has 0 bridgehead atoms. The molecule has 0 N–H and O–H groups in total. The van der Waals surface area contributed by atoms with E-state index in [1.165, 1.54) is 11.1 Å². The highest BCUT2D eigenvalue weighted by molar-refractivity contribution is 5.81. The summed E-state index contributed by atoms with van der Waals surface area (Å²) in [6, 6.07) is 56.3. The molecule has 0 saturated carbocycles. The third-order valence-electron chi connectivity index (χ3n) is 9.02. The molecule has 0 radical (unpaired) electrons. The van der Waals surface area contributed by atoms with Crippen LogP contribution in [0.15, 0.2) is 194 Å². The zero-order valence-corrected chi connectivity index (χ0v) is 31.2. The summed E-state index contributed by atoms with van der Waals surface area (Å²) in [7, 11) is 0. The Hall–Kier alpha value is -6.06. The average molecular weight is 680 g/mol. The van der Waals surface area contributed by atoms with E-state index >= 15 is 0 Å². The van der Waals surface area contributed by atoms with Crippen molar-refractivity contribution in [3.63, 3.8) is 0 Å². The summed E-state index contributed by atoms with van der Waals surface area (Å²) in [5.41, 5.74) is 12.4. The lowest BCUT2D eigenvalue weighted by Crippen LogP contribution is -2.16. The topological polar surface area (TPSA) is 9.72 Å². The third kappa shape index (κ3) is 8.28. The van der Waals surface area contributed by atoms with Gasteiger partial charge >= 0.3 is 0 Å². The van der Waals surface area contributed by atoms with Gasteiger partial charge in [0.25, 0.3) is 0 Å². The molecule has 3 nitrogen and oxygen atoms in total. The Balaban J connectivity index is 0.00000228. The standard InChI is InChI=1S/C47H43N3.C2H6/c1-36-14-11-20-45(34-36)49(38-16-7-5-8-17-38)43-27-23-41(24-28-43)48(40-22-13-32-47(3,4)33-31-40)42-25-29-44(30-26-42)50(39-18-9-6-10-19-39)46-21-12-15-37(2)35-46;1-2/h5-35H,1-4H3;1-2H3. The van der Waals surface area contributed by atoms with Gasteiger partial charge in [0.15, 0.2) is 0 Å². The van der Waals surface area contributed by atoms with Crippen molar-refractivity contribution >= 4 is 45.5 Å². The second kappa shape index (κ2) is 16.3. The first-order valence-corrected chi connectivity index (χ1v) is 18.3. The molecule has 0 aromatic heterocycles. The number of para-hydroxylation sites is 2. The second-order valence-corrected chi connectivity index (χ2v) is 13.5. The molecule has 260 valence electrons. The molecule has 0 unspecified atom stereocenters. The minimum Gasteiger partial charge on any atom is -0.311 e. The van der Waals surface area contributed by atoms with Crippen molar-refractivity contribution < 1.29 is 0 Å². The van der Waals surface area contributed by atoms with E-state index in [2.05, 4.69) is 231 Å². The van der Waals surface area contributed by atoms with Crippen LogP contribution in [0.3, 0.4) is 0 Å². The Morgan fingerprint density at radius 3 is 1.15 bits per heavy atom. The largest absolute Gasteiger partial charge is 0.311 e. The summed E-state index contributed by atoms with van der Waals surface area (Å²) in [6.45, 7) is 12.8. The van der Waals surface area contributed by atoms with Gasteiger partial charge in [0.1, 0.15) is 0 Å². The number of rotatable bonds is 9. The van der Waals surface area contributed by atoms with Gasteiger partial charge in [-0.2, -0.15) is 0 Å². The molecule has 0 spiro atoms. The van der Waals surface area contributed by atoms with Gasteiger partial charge in [-0.25, -0.2) is 0 Å². The molecule has 0 saturated heterocycles. The number of anilines is 8. The molecule has 0 atom stereocenters. The van der Waals surface area contributed by atoms with E-state index in [1.807, 2.05) is 13.8 Å². The molecule has 0 heterocycles. The maximum Gasteiger partial charge on any atom is 0.0464 e. The van der Waals surface area contributed by atoms with Crippen LogP contribution in [-0.2, 0) is 0 Å². The Bertz CT molecular complexity index is 2010. The molecule has 0 amide bonds. The van der Waals surface area contributed by atoms with Crippen LogP contribution in [0.1, 0.15) is 38.8 Å². The van der Waals surface area contributed by atoms with E-state index in [4.69, 9.17) is 0 Å². The van der Waals surface area contributed by atoms with Crippen molar-refractivity contribution in [2.45, 2.75) is 41.5 Å². The van der Waals surface area contributed by atoms with Crippen LogP contribution in [0, 0.1) is 19.3 Å². The number of benzene rings is 6. The SMILES string of the molecule is CC.Cc1cccc(N(c2ccccc2)c2ccc(N(C3=CC=CC(C)(C)C=C3)c3ccc(N(c4ccccc4)c4cccc(C)c4)cc3)cc2)c1. The second-order valence-electron chi connectivity index (χ2n) is 13.5. The predicted molar refractivity (Wildman–Crippen MR) is 225 cm³/mol. The van der Waals surface area contributed by atoms with Gasteiger partial charge in [-0.3, -0.25) is 0 Å². The number of nitrogens with zero attached hydrogens (tertiary/aromatic N) is 3. The van der Waals surface area contributed by atoms with Crippen LogP contribution in [0.2, 0.25) is 0 Å². The van der Waals surface area contributed by atoms with Crippen LogP contribution < -0.4 is 14.7 Å². The Kier molecular flexibility index (Phi) is 11.2. The lowest BCUT2D eigenvalue weighted by molar-refractivity contribution is 0.627. The fraction of sp³-hybridized carbons (Fsp3) is 0.143. The summed E-state index contributed by atoms with van der Waals surface area (Å²) in [5.74, 6) is 0. The van der Waals surface area contributed by atoms with E-state index in [0.29, 0.717) is 0 Å². The fourth-order valence-electron chi connectivity index (χ4n) is 6.49. The maximum atomic E-state index is 2.34. The van der Waals surface area contributed by atoms with Crippen molar-refractivity contribution in [3.05, 3.63) is 205 Å². The monoisotopic (exact) mass is 679 g/mol. The molecular formula is C49H49N3. The quantitative estimate of drug-likeness (QED) is 0.151. The Morgan fingerprint density at radius 1 is 0.385 bits per heavy atom. The summed E-state index contributed by atoms with van der Waals surface area (Å²) in [5, 5.41) is 0. The highest BCUT2D eigenvalue weighted by Crippen LogP contribution is 2.40. The molecule has 0 aliphatic heterocycles. The summed E-state index contributed by atoms with van der Waals surface area (Å²) >= 11 is 0. The van der Waals surface area contributed by atoms with Gasteiger partial charge in [-0.15, -0.1) is 0 Å². The number of allylic oxidation sites excluding steroid dienone is 5. The summed E-state index contributed by atoms with van der Waals surface area (Å²) in [6.07, 6.45) is 11.2. The number of hydrogen-bond acceptors (Lipinski definition) is 3. The van der Waals surface area contributed by atoms with Gasteiger partial charge in [0, 0.05) is 56.6 Å².